The first-order chi connectivity index (χ1) is 8.08. The molecule has 0 aromatic heterocycles. The zero-order valence-electron chi connectivity index (χ0n) is 11.4. The topological polar surface area (TPSA) is 12.5 Å². The number of nitrogens with zero attached hydrogens (tertiary/aromatic N) is 1. The number of fused-ring (bicyclic) bond motifs is 1. The molecule has 0 radical (unpaired) electrons. The third-order valence-corrected chi connectivity index (χ3v) is 3.35. The van der Waals surface area contributed by atoms with Crippen molar-refractivity contribution < 1.29 is 4.74 Å². The summed E-state index contributed by atoms with van der Waals surface area (Å²) < 4.78 is 5.89. The highest BCUT2D eigenvalue weighted by Crippen LogP contribution is 2.29. The lowest BCUT2D eigenvalue weighted by molar-refractivity contribution is 0.196. The molecule has 0 unspecified atom stereocenters. The van der Waals surface area contributed by atoms with Crippen molar-refractivity contribution in [2.45, 2.75) is 52.8 Å². The van der Waals surface area contributed by atoms with Gasteiger partial charge in [0.25, 0.3) is 0 Å². The van der Waals surface area contributed by atoms with Crippen LogP contribution in [0.3, 0.4) is 0 Å². The molecule has 0 saturated carbocycles. The van der Waals surface area contributed by atoms with E-state index in [2.05, 4.69) is 50.8 Å². The molecule has 1 aromatic rings. The van der Waals surface area contributed by atoms with Gasteiger partial charge in [0.1, 0.15) is 5.75 Å². The average Bonchev–Trinajstić information content (AvgIpc) is 2.28. The van der Waals surface area contributed by atoms with Crippen LogP contribution in [0.5, 0.6) is 5.75 Å². The third kappa shape index (κ3) is 2.81. The maximum absolute atomic E-state index is 5.89. The first-order valence-corrected chi connectivity index (χ1v) is 6.59. The van der Waals surface area contributed by atoms with Crippen molar-refractivity contribution in [3.8, 4) is 5.75 Å². The summed E-state index contributed by atoms with van der Waals surface area (Å²) in [6.07, 6.45) is 1.36. The van der Waals surface area contributed by atoms with Crippen LogP contribution in [0.4, 0.5) is 0 Å². The lowest BCUT2D eigenvalue weighted by Crippen LogP contribution is -2.36. The number of hydrogen-bond acceptors (Lipinski definition) is 2. The first kappa shape index (κ1) is 12.4. The summed E-state index contributed by atoms with van der Waals surface area (Å²) >= 11 is 0. The van der Waals surface area contributed by atoms with E-state index in [9.17, 15) is 0 Å². The Labute approximate surface area is 105 Å². The fourth-order valence-corrected chi connectivity index (χ4v) is 2.40. The normalized spacial score (nSPS) is 16.4. The molecule has 0 bridgehead atoms. The lowest BCUT2D eigenvalue weighted by atomic mass is 9.98. The number of rotatable bonds is 3. The molecule has 0 amide bonds. The van der Waals surface area contributed by atoms with Gasteiger partial charge in [-0.2, -0.15) is 0 Å². The van der Waals surface area contributed by atoms with Gasteiger partial charge in [-0.25, -0.2) is 0 Å². The van der Waals surface area contributed by atoms with E-state index in [0.717, 1.165) is 25.3 Å². The van der Waals surface area contributed by atoms with Gasteiger partial charge in [0.15, 0.2) is 0 Å². The Hall–Kier alpha value is -1.02. The van der Waals surface area contributed by atoms with Gasteiger partial charge in [-0.05, 0) is 51.3 Å². The van der Waals surface area contributed by atoms with Gasteiger partial charge >= 0.3 is 0 Å². The highest BCUT2D eigenvalue weighted by atomic mass is 16.5. The monoisotopic (exact) mass is 233 g/mol. The van der Waals surface area contributed by atoms with Gasteiger partial charge in [0.2, 0.25) is 0 Å². The molecule has 1 aliphatic heterocycles. The molecule has 2 heteroatoms. The summed E-state index contributed by atoms with van der Waals surface area (Å²) in [5, 5.41) is 0. The molecule has 2 rings (SSSR count). The second-order valence-corrected chi connectivity index (χ2v) is 5.37. The molecule has 2 nitrogen and oxygen atoms in total. The number of ether oxygens (including phenoxy) is 1. The van der Waals surface area contributed by atoms with Crippen molar-refractivity contribution in [2.24, 2.45) is 0 Å². The summed E-state index contributed by atoms with van der Waals surface area (Å²) in [7, 11) is 0. The molecule has 0 spiro atoms. The second kappa shape index (κ2) is 5.09. The van der Waals surface area contributed by atoms with E-state index in [4.69, 9.17) is 4.74 Å². The summed E-state index contributed by atoms with van der Waals surface area (Å²) in [6.45, 7) is 10.9. The summed E-state index contributed by atoms with van der Waals surface area (Å²) in [5.74, 6) is 1.08. The number of hydrogen-bond donors (Lipinski definition) is 0. The summed E-state index contributed by atoms with van der Waals surface area (Å²) in [5.41, 5.74) is 2.85. The maximum atomic E-state index is 5.89. The predicted molar refractivity (Wildman–Crippen MR) is 71.5 cm³/mol. The Bertz CT molecular complexity index is 385. The molecule has 1 heterocycles. The standard InChI is InChI=1S/C15H23NO/c1-11(2)16-9-8-14-13(10-16)6-5-7-15(14)17-12(3)4/h5-7,11-12H,8-10H2,1-4H3. The third-order valence-electron chi connectivity index (χ3n) is 3.35. The van der Waals surface area contributed by atoms with E-state index in [1.807, 2.05) is 0 Å². The zero-order valence-corrected chi connectivity index (χ0v) is 11.4. The molecule has 1 aromatic carbocycles. The second-order valence-electron chi connectivity index (χ2n) is 5.37. The smallest absolute Gasteiger partial charge is 0.123 e. The van der Waals surface area contributed by atoms with Crippen LogP contribution < -0.4 is 4.74 Å². The van der Waals surface area contributed by atoms with Gasteiger partial charge in [0, 0.05) is 19.1 Å². The van der Waals surface area contributed by atoms with Crippen LogP contribution >= 0.6 is 0 Å². The Kier molecular flexibility index (Phi) is 3.72. The largest absolute Gasteiger partial charge is 0.491 e. The van der Waals surface area contributed by atoms with Crippen LogP contribution in [0.15, 0.2) is 18.2 Å². The molecule has 94 valence electrons. The van der Waals surface area contributed by atoms with Crippen LogP contribution in [-0.4, -0.2) is 23.6 Å². The Morgan fingerprint density at radius 1 is 1.18 bits per heavy atom. The van der Waals surface area contributed by atoms with Crippen molar-refractivity contribution in [2.75, 3.05) is 6.54 Å². The van der Waals surface area contributed by atoms with Gasteiger partial charge in [-0.1, -0.05) is 12.1 Å². The fourth-order valence-electron chi connectivity index (χ4n) is 2.40. The van der Waals surface area contributed by atoms with E-state index in [0.29, 0.717) is 6.04 Å². The van der Waals surface area contributed by atoms with Crippen molar-refractivity contribution in [3.05, 3.63) is 29.3 Å². The minimum absolute atomic E-state index is 0.254. The molecular formula is C15H23NO. The van der Waals surface area contributed by atoms with E-state index >= 15 is 0 Å². The van der Waals surface area contributed by atoms with Crippen LogP contribution in [0.2, 0.25) is 0 Å². The van der Waals surface area contributed by atoms with Crippen LogP contribution in [0, 0.1) is 0 Å². The molecule has 1 aliphatic rings. The lowest BCUT2D eigenvalue weighted by Gasteiger charge is -2.32. The van der Waals surface area contributed by atoms with Gasteiger partial charge < -0.3 is 4.74 Å². The maximum Gasteiger partial charge on any atom is 0.123 e. The molecule has 0 saturated heterocycles. The first-order valence-electron chi connectivity index (χ1n) is 6.59. The van der Waals surface area contributed by atoms with Crippen molar-refractivity contribution >= 4 is 0 Å². The number of benzene rings is 1. The van der Waals surface area contributed by atoms with Crippen LogP contribution in [0.1, 0.15) is 38.8 Å². The van der Waals surface area contributed by atoms with Gasteiger partial charge in [-0.15, -0.1) is 0 Å². The highest BCUT2D eigenvalue weighted by Gasteiger charge is 2.21. The van der Waals surface area contributed by atoms with E-state index in [-0.39, 0.29) is 6.10 Å². The summed E-state index contributed by atoms with van der Waals surface area (Å²) in [4.78, 5) is 2.52. The average molecular weight is 233 g/mol. The molecule has 0 N–H and O–H groups in total. The molecule has 0 fully saturated rings. The SMILES string of the molecule is CC(C)Oc1cccc2c1CCN(C(C)C)C2. The van der Waals surface area contributed by atoms with Crippen LogP contribution in [-0.2, 0) is 13.0 Å². The molecular weight excluding hydrogens is 210 g/mol. The predicted octanol–water partition coefficient (Wildman–Crippen LogP) is 3.24. The molecule has 17 heavy (non-hydrogen) atoms. The Morgan fingerprint density at radius 2 is 1.94 bits per heavy atom. The van der Waals surface area contributed by atoms with Crippen molar-refractivity contribution in [1.29, 1.82) is 0 Å². The Morgan fingerprint density at radius 3 is 2.59 bits per heavy atom. The van der Waals surface area contributed by atoms with Crippen LogP contribution in [0.25, 0.3) is 0 Å². The Balaban J connectivity index is 2.23. The van der Waals surface area contributed by atoms with E-state index < -0.39 is 0 Å². The summed E-state index contributed by atoms with van der Waals surface area (Å²) in [6, 6.07) is 7.07. The van der Waals surface area contributed by atoms with Gasteiger partial charge in [0.05, 0.1) is 6.10 Å². The highest BCUT2D eigenvalue weighted by molar-refractivity contribution is 5.41. The van der Waals surface area contributed by atoms with Crippen molar-refractivity contribution in [1.82, 2.24) is 4.90 Å². The molecule has 0 aliphatic carbocycles. The minimum atomic E-state index is 0.254. The zero-order chi connectivity index (χ0) is 12.4. The van der Waals surface area contributed by atoms with E-state index in [1.54, 1.807) is 0 Å². The minimum Gasteiger partial charge on any atom is -0.491 e. The van der Waals surface area contributed by atoms with E-state index in [1.165, 1.54) is 11.1 Å². The quantitative estimate of drug-likeness (QED) is 0.794. The van der Waals surface area contributed by atoms with Crippen molar-refractivity contribution in [3.63, 3.8) is 0 Å². The fraction of sp³-hybridized carbons (Fsp3) is 0.600. The van der Waals surface area contributed by atoms with Gasteiger partial charge in [-0.3, -0.25) is 4.90 Å². The molecule has 0 atom stereocenters.